The van der Waals surface area contributed by atoms with E-state index in [0.29, 0.717) is 0 Å². The Balaban J connectivity index is 2.94. The van der Waals surface area contributed by atoms with Crippen molar-refractivity contribution < 1.29 is 15.0 Å². The second-order valence-corrected chi connectivity index (χ2v) is 3.32. The molecule has 10 heteroatoms. The summed E-state index contributed by atoms with van der Waals surface area (Å²) in [6.07, 6.45) is 0. The van der Waals surface area contributed by atoms with E-state index in [1.807, 2.05) is 0 Å². The predicted octanol–water partition coefficient (Wildman–Crippen LogP) is 2.09. The van der Waals surface area contributed by atoms with E-state index in [9.17, 15) is 30.2 Å². The van der Waals surface area contributed by atoms with Gasteiger partial charge in [0.1, 0.15) is 5.52 Å². The van der Waals surface area contributed by atoms with Gasteiger partial charge in [-0.2, -0.15) is 0 Å². The lowest BCUT2D eigenvalue weighted by Gasteiger charge is -1.95. The van der Waals surface area contributed by atoms with Crippen LogP contribution in [0.2, 0.25) is 0 Å². The van der Waals surface area contributed by atoms with Crippen LogP contribution in [0.3, 0.4) is 0 Å². The van der Waals surface area contributed by atoms with Crippen LogP contribution in [-0.4, -0.2) is 19.9 Å². The number of nitrogens with zero attached hydrogens (tertiary/aromatic N) is 3. The van der Waals surface area contributed by atoms with Crippen molar-refractivity contribution in [2.75, 3.05) is 0 Å². The van der Waals surface area contributed by atoms with Crippen LogP contribution < -0.4 is 0 Å². The van der Waals surface area contributed by atoms with Crippen molar-refractivity contribution in [3.8, 4) is 5.88 Å². The second kappa shape index (κ2) is 3.76. The Morgan fingerprint density at radius 1 is 1.22 bits per heavy atom. The van der Waals surface area contributed by atoms with Gasteiger partial charge in [0.2, 0.25) is 5.88 Å². The summed E-state index contributed by atoms with van der Waals surface area (Å²) in [4.78, 5) is 32.4. The number of non-ortho nitro benzene ring substituents is 2. The van der Waals surface area contributed by atoms with E-state index in [1.54, 1.807) is 0 Å². The zero-order chi connectivity index (χ0) is 13.4. The molecule has 0 spiro atoms. The summed E-state index contributed by atoms with van der Waals surface area (Å²) in [5.74, 6) is -0.677. The number of nitroso groups, excluding NO2 is 1. The van der Waals surface area contributed by atoms with Crippen LogP contribution in [0, 0.1) is 25.1 Å². The number of hydrogen-bond donors (Lipinski definition) is 2. The lowest BCUT2D eigenvalue weighted by atomic mass is 10.2. The smallest absolute Gasteiger partial charge is 0.300 e. The first-order valence-corrected chi connectivity index (χ1v) is 4.46. The Bertz CT molecular complexity index is 690. The molecule has 2 rings (SSSR count). The third-order valence-electron chi connectivity index (χ3n) is 2.32. The van der Waals surface area contributed by atoms with Crippen molar-refractivity contribution in [1.82, 2.24) is 4.98 Å². The first-order valence-electron chi connectivity index (χ1n) is 4.46. The van der Waals surface area contributed by atoms with E-state index >= 15 is 0 Å². The molecule has 0 fully saturated rings. The third kappa shape index (κ3) is 1.52. The van der Waals surface area contributed by atoms with Crippen molar-refractivity contribution in [1.29, 1.82) is 0 Å². The molecule has 18 heavy (non-hydrogen) atoms. The maximum Gasteiger partial charge on any atom is 0.300 e. The molecule has 10 nitrogen and oxygen atoms in total. The molecule has 0 radical (unpaired) electrons. The Morgan fingerprint density at radius 3 is 2.39 bits per heavy atom. The maximum absolute atomic E-state index is 10.8. The third-order valence-corrected chi connectivity index (χ3v) is 2.32. The van der Waals surface area contributed by atoms with Gasteiger partial charge in [-0.05, 0) is 5.18 Å². The zero-order valence-corrected chi connectivity index (χ0v) is 8.48. The lowest BCUT2D eigenvalue weighted by Crippen LogP contribution is -1.93. The fourth-order valence-electron chi connectivity index (χ4n) is 1.58. The first-order chi connectivity index (χ1) is 8.45. The quantitative estimate of drug-likeness (QED) is 0.484. The van der Waals surface area contributed by atoms with Gasteiger partial charge in [0.15, 0.2) is 5.69 Å². The number of H-pyrrole nitrogens is 1. The van der Waals surface area contributed by atoms with Crippen molar-refractivity contribution >= 4 is 28.0 Å². The van der Waals surface area contributed by atoms with Gasteiger partial charge in [0, 0.05) is 11.5 Å². The fraction of sp³-hybridized carbons (Fsp3) is 0. The van der Waals surface area contributed by atoms with Gasteiger partial charge in [0.25, 0.3) is 11.4 Å². The minimum absolute atomic E-state index is 0.177. The molecule has 0 aliphatic heterocycles. The number of nitro groups is 2. The molecule has 1 heterocycles. The number of aromatic hydroxyl groups is 1. The molecule has 0 aliphatic rings. The number of benzene rings is 1. The highest BCUT2D eigenvalue weighted by Gasteiger charge is 2.25. The molecule has 0 aliphatic carbocycles. The summed E-state index contributed by atoms with van der Waals surface area (Å²) in [6.45, 7) is 0. The van der Waals surface area contributed by atoms with Crippen LogP contribution in [-0.2, 0) is 0 Å². The number of fused-ring (bicyclic) bond motifs is 1. The number of rotatable bonds is 3. The predicted molar refractivity (Wildman–Crippen MR) is 58.7 cm³/mol. The Kier molecular flexibility index (Phi) is 2.39. The monoisotopic (exact) mass is 252 g/mol. The van der Waals surface area contributed by atoms with Gasteiger partial charge in [-0.3, -0.25) is 20.2 Å². The SMILES string of the molecule is O=Nc1c(O)[nH]c2c([N+](=O)[O-])cc([N+](=O)[O-])cc12. The topological polar surface area (TPSA) is 152 Å². The van der Waals surface area contributed by atoms with Gasteiger partial charge >= 0.3 is 0 Å². The molecule has 0 amide bonds. The summed E-state index contributed by atoms with van der Waals surface area (Å²) in [5.41, 5.74) is -1.89. The molecule has 0 atom stereocenters. The molecular formula is C8H4N4O6. The summed E-state index contributed by atoms with van der Waals surface area (Å²) in [7, 11) is 0. The van der Waals surface area contributed by atoms with E-state index in [4.69, 9.17) is 0 Å². The fourth-order valence-corrected chi connectivity index (χ4v) is 1.58. The van der Waals surface area contributed by atoms with E-state index in [2.05, 4.69) is 10.2 Å². The van der Waals surface area contributed by atoms with Gasteiger partial charge in [0.05, 0.1) is 15.9 Å². The van der Waals surface area contributed by atoms with E-state index < -0.39 is 32.8 Å². The van der Waals surface area contributed by atoms with E-state index in [0.717, 1.165) is 12.1 Å². The average molecular weight is 252 g/mol. The largest absolute Gasteiger partial charge is 0.493 e. The van der Waals surface area contributed by atoms with Crippen LogP contribution in [0.1, 0.15) is 0 Å². The number of nitro benzene ring substituents is 2. The molecule has 2 aromatic rings. The van der Waals surface area contributed by atoms with Crippen LogP contribution >= 0.6 is 0 Å². The number of aromatic nitrogens is 1. The van der Waals surface area contributed by atoms with Crippen molar-refractivity contribution in [3.63, 3.8) is 0 Å². The van der Waals surface area contributed by atoms with Gasteiger partial charge in [-0.1, -0.05) is 0 Å². The standard InChI is InChI=1S/C8H4N4O6/c13-8-7(10-14)4-1-3(11(15)16)2-5(12(17)18)6(4)9-8/h1-2,9,13H. The summed E-state index contributed by atoms with van der Waals surface area (Å²) in [5, 5.41) is 33.0. The Labute approximate surface area is 97.1 Å². The van der Waals surface area contributed by atoms with E-state index in [1.165, 1.54) is 0 Å². The number of aromatic amines is 1. The zero-order valence-electron chi connectivity index (χ0n) is 8.48. The minimum atomic E-state index is -0.861. The molecule has 0 saturated carbocycles. The molecule has 1 aromatic heterocycles. The molecule has 1 aromatic carbocycles. The molecule has 0 unspecified atom stereocenters. The van der Waals surface area contributed by atoms with Gasteiger partial charge in [-0.15, -0.1) is 4.91 Å². The highest BCUT2D eigenvalue weighted by Crippen LogP contribution is 2.41. The van der Waals surface area contributed by atoms with Crippen LogP contribution in [0.4, 0.5) is 17.1 Å². The van der Waals surface area contributed by atoms with Gasteiger partial charge in [-0.25, -0.2) is 0 Å². The number of hydrogen-bond acceptors (Lipinski definition) is 7. The second-order valence-electron chi connectivity index (χ2n) is 3.32. The molecule has 92 valence electrons. The Hall–Kier alpha value is -3.04. The molecule has 0 bridgehead atoms. The summed E-state index contributed by atoms with van der Waals surface area (Å²) >= 11 is 0. The lowest BCUT2D eigenvalue weighted by molar-refractivity contribution is -0.393. The number of nitrogens with one attached hydrogen (secondary N) is 1. The average Bonchev–Trinajstić information content (AvgIpc) is 2.62. The summed E-state index contributed by atoms with van der Waals surface area (Å²) in [6, 6.07) is 1.65. The van der Waals surface area contributed by atoms with Gasteiger partial charge < -0.3 is 10.1 Å². The van der Waals surface area contributed by atoms with Crippen molar-refractivity contribution in [2.24, 2.45) is 5.18 Å². The maximum atomic E-state index is 10.8. The van der Waals surface area contributed by atoms with E-state index in [-0.39, 0.29) is 10.9 Å². The highest BCUT2D eigenvalue weighted by atomic mass is 16.6. The van der Waals surface area contributed by atoms with Crippen LogP contribution in [0.5, 0.6) is 5.88 Å². The normalized spacial score (nSPS) is 10.4. The summed E-state index contributed by atoms with van der Waals surface area (Å²) < 4.78 is 0. The van der Waals surface area contributed by atoms with Crippen molar-refractivity contribution in [3.05, 3.63) is 37.3 Å². The van der Waals surface area contributed by atoms with Crippen LogP contribution in [0.25, 0.3) is 10.9 Å². The molecule has 2 N–H and O–H groups in total. The minimum Gasteiger partial charge on any atom is -0.493 e. The van der Waals surface area contributed by atoms with Crippen molar-refractivity contribution in [2.45, 2.75) is 0 Å². The highest BCUT2D eigenvalue weighted by molar-refractivity contribution is 6.00. The first kappa shape index (κ1) is 11.4. The molecule has 0 saturated heterocycles. The van der Waals surface area contributed by atoms with Crippen LogP contribution in [0.15, 0.2) is 17.3 Å². The Morgan fingerprint density at radius 2 is 1.89 bits per heavy atom. The molecular weight excluding hydrogens is 248 g/mol.